The first-order chi connectivity index (χ1) is 15.0. The fourth-order valence-electron chi connectivity index (χ4n) is 4.64. The normalized spacial score (nSPS) is 26.1. The van der Waals surface area contributed by atoms with E-state index in [1.807, 2.05) is 18.2 Å². The van der Waals surface area contributed by atoms with E-state index in [0.29, 0.717) is 28.5 Å². The van der Waals surface area contributed by atoms with Crippen LogP contribution in [0.4, 0.5) is 13.2 Å². The average Bonchev–Trinajstić information content (AvgIpc) is 2.81. The van der Waals surface area contributed by atoms with Gasteiger partial charge in [-0.3, -0.25) is 0 Å². The monoisotopic (exact) mass is 424 g/mol. The van der Waals surface area contributed by atoms with Gasteiger partial charge in [0.2, 0.25) is 0 Å². The average molecular weight is 425 g/mol. The molecule has 0 aromatic heterocycles. The minimum absolute atomic E-state index is 0.0204. The maximum atomic E-state index is 14.9. The van der Waals surface area contributed by atoms with E-state index in [9.17, 15) is 13.2 Å². The summed E-state index contributed by atoms with van der Waals surface area (Å²) in [6.45, 7) is 3.88. The summed E-state index contributed by atoms with van der Waals surface area (Å²) in [4.78, 5) is 0. The molecule has 4 heteroatoms. The molecular formula is C27H27F3O. The maximum Gasteiger partial charge on any atom is 0.192 e. The molecular weight excluding hydrogens is 397 g/mol. The highest BCUT2D eigenvalue weighted by molar-refractivity contribution is 5.75. The minimum atomic E-state index is -1.82. The second kappa shape index (κ2) is 9.17. The number of allylic oxidation sites excluding steroid dienone is 5. The Balaban J connectivity index is 1.53. The lowest BCUT2D eigenvalue weighted by atomic mass is 9.78. The van der Waals surface area contributed by atoms with E-state index in [2.05, 4.69) is 6.58 Å². The molecule has 2 aromatic carbocycles. The van der Waals surface area contributed by atoms with E-state index in [4.69, 9.17) is 4.74 Å². The summed E-state index contributed by atoms with van der Waals surface area (Å²) >= 11 is 0. The topological polar surface area (TPSA) is 9.23 Å². The Kier molecular flexibility index (Phi) is 6.35. The van der Waals surface area contributed by atoms with E-state index in [1.54, 1.807) is 30.3 Å². The molecule has 0 spiro atoms. The Morgan fingerprint density at radius 3 is 2.19 bits per heavy atom. The van der Waals surface area contributed by atoms with Crippen molar-refractivity contribution >= 4 is 5.57 Å². The largest absolute Gasteiger partial charge is 0.498 e. The molecule has 0 bridgehead atoms. The number of halogens is 3. The van der Waals surface area contributed by atoms with Crippen LogP contribution >= 0.6 is 0 Å². The first kappa shape index (κ1) is 21.5. The zero-order chi connectivity index (χ0) is 22.0. The van der Waals surface area contributed by atoms with Crippen molar-refractivity contribution in [3.63, 3.8) is 0 Å². The van der Waals surface area contributed by atoms with Crippen LogP contribution in [0.3, 0.4) is 0 Å². The molecule has 0 N–H and O–H groups in total. The number of hydrogen-bond donors (Lipinski definition) is 0. The van der Waals surface area contributed by atoms with E-state index < -0.39 is 12.3 Å². The third kappa shape index (κ3) is 4.34. The molecule has 2 aliphatic carbocycles. The summed E-state index contributed by atoms with van der Waals surface area (Å²) in [7, 11) is 1.32. The fourth-order valence-corrected chi connectivity index (χ4v) is 4.64. The van der Waals surface area contributed by atoms with Gasteiger partial charge in [0.15, 0.2) is 12.3 Å². The van der Waals surface area contributed by atoms with Gasteiger partial charge in [0, 0.05) is 5.56 Å². The van der Waals surface area contributed by atoms with E-state index >= 15 is 0 Å². The van der Waals surface area contributed by atoms with Crippen molar-refractivity contribution in [1.82, 2.24) is 0 Å². The highest BCUT2D eigenvalue weighted by Crippen LogP contribution is 2.38. The molecule has 0 amide bonds. The summed E-state index contributed by atoms with van der Waals surface area (Å²) in [5, 5.41) is 0. The Morgan fingerprint density at radius 2 is 1.58 bits per heavy atom. The SMILES string of the molecule is C=CC1CCC(c2ccc(-c3ccc(C4=CC=C(OC)C(F)C4F)cc3)c(F)c2)CC1. The molecule has 2 aliphatic rings. The van der Waals surface area contributed by atoms with Gasteiger partial charge in [-0.25, -0.2) is 13.2 Å². The van der Waals surface area contributed by atoms with Crippen LogP contribution in [0.15, 0.2) is 73.0 Å². The Hall–Kier alpha value is -2.75. The molecule has 2 unspecified atom stereocenters. The Morgan fingerprint density at radius 1 is 0.903 bits per heavy atom. The molecule has 162 valence electrons. The Labute approximate surface area is 181 Å². The number of hydrogen-bond acceptors (Lipinski definition) is 1. The lowest BCUT2D eigenvalue weighted by molar-refractivity contribution is 0.152. The number of ether oxygens (including phenoxy) is 1. The van der Waals surface area contributed by atoms with Crippen molar-refractivity contribution in [2.75, 3.05) is 7.11 Å². The van der Waals surface area contributed by atoms with Gasteiger partial charge in [-0.15, -0.1) is 6.58 Å². The molecule has 2 aromatic rings. The van der Waals surface area contributed by atoms with Crippen LogP contribution in [0.25, 0.3) is 16.7 Å². The van der Waals surface area contributed by atoms with Crippen LogP contribution in [0.1, 0.15) is 42.7 Å². The van der Waals surface area contributed by atoms with Gasteiger partial charge in [-0.2, -0.15) is 0 Å². The third-order valence-electron chi connectivity index (χ3n) is 6.59. The first-order valence-corrected chi connectivity index (χ1v) is 10.8. The predicted octanol–water partition coefficient (Wildman–Crippen LogP) is 7.56. The second-order valence-electron chi connectivity index (χ2n) is 8.36. The standard InChI is InChI=1S/C27H27F3O/c1-3-17-4-6-18(7-5-17)21-12-13-22(24(28)16-21)19-8-10-20(11-9-19)23-14-15-25(31-2)27(30)26(23)29/h3,8-18,26-27H,1,4-7H2,2H3. The van der Waals surface area contributed by atoms with Crippen molar-refractivity contribution in [3.8, 4) is 11.1 Å². The van der Waals surface area contributed by atoms with Crippen LogP contribution in [-0.2, 0) is 4.74 Å². The second-order valence-corrected chi connectivity index (χ2v) is 8.36. The highest BCUT2D eigenvalue weighted by Gasteiger charge is 2.32. The van der Waals surface area contributed by atoms with E-state index in [-0.39, 0.29) is 17.1 Å². The van der Waals surface area contributed by atoms with Crippen molar-refractivity contribution in [2.24, 2.45) is 5.92 Å². The zero-order valence-electron chi connectivity index (χ0n) is 17.7. The first-order valence-electron chi connectivity index (χ1n) is 10.8. The molecule has 2 atom stereocenters. The van der Waals surface area contributed by atoms with E-state index in [1.165, 1.54) is 19.3 Å². The van der Waals surface area contributed by atoms with Gasteiger partial charge in [0.05, 0.1) is 7.11 Å². The Bertz CT molecular complexity index is 998. The summed E-state index contributed by atoms with van der Waals surface area (Å²) in [6.07, 6.45) is 5.70. The van der Waals surface area contributed by atoms with Gasteiger partial charge in [0.25, 0.3) is 0 Å². The van der Waals surface area contributed by atoms with Crippen molar-refractivity contribution in [1.29, 1.82) is 0 Å². The molecule has 1 nitrogen and oxygen atoms in total. The van der Waals surface area contributed by atoms with Crippen LogP contribution in [0.5, 0.6) is 0 Å². The molecule has 0 aliphatic heterocycles. The predicted molar refractivity (Wildman–Crippen MR) is 120 cm³/mol. The molecule has 0 saturated heterocycles. The van der Waals surface area contributed by atoms with Gasteiger partial charge >= 0.3 is 0 Å². The number of alkyl halides is 2. The smallest absolute Gasteiger partial charge is 0.192 e. The van der Waals surface area contributed by atoms with Gasteiger partial charge in [0.1, 0.15) is 11.6 Å². The summed E-state index contributed by atoms with van der Waals surface area (Å²) in [6, 6.07) is 12.4. The zero-order valence-corrected chi connectivity index (χ0v) is 17.7. The van der Waals surface area contributed by atoms with Gasteiger partial charge in [-0.1, -0.05) is 48.6 Å². The molecule has 4 rings (SSSR count). The van der Waals surface area contributed by atoms with Gasteiger partial charge < -0.3 is 4.74 Å². The van der Waals surface area contributed by atoms with Crippen molar-refractivity contribution in [3.05, 3.63) is 90.0 Å². The molecule has 1 saturated carbocycles. The maximum absolute atomic E-state index is 14.9. The fraction of sp³-hybridized carbons (Fsp3) is 0.333. The number of rotatable bonds is 5. The summed E-state index contributed by atoms with van der Waals surface area (Å²) in [5.74, 6) is 0.688. The lowest BCUT2D eigenvalue weighted by Crippen LogP contribution is -2.24. The molecule has 1 fully saturated rings. The lowest BCUT2D eigenvalue weighted by Gasteiger charge is -2.27. The van der Waals surface area contributed by atoms with Crippen molar-refractivity contribution in [2.45, 2.75) is 43.9 Å². The van der Waals surface area contributed by atoms with E-state index in [0.717, 1.165) is 31.2 Å². The molecule has 31 heavy (non-hydrogen) atoms. The van der Waals surface area contributed by atoms with Crippen LogP contribution in [-0.4, -0.2) is 19.5 Å². The number of methoxy groups -OCH3 is 1. The van der Waals surface area contributed by atoms with Crippen molar-refractivity contribution < 1.29 is 17.9 Å². The molecule has 0 radical (unpaired) electrons. The highest BCUT2D eigenvalue weighted by atomic mass is 19.2. The third-order valence-corrected chi connectivity index (χ3v) is 6.59. The van der Waals surface area contributed by atoms with Crippen LogP contribution in [0, 0.1) is 11.7 Å². The summed E-state index contributed by atoms with van der Waals surface area (Å²) < 4.78 is 48.4. The quantitative estimate of drug-likeness (QED) is 0.450. The number of benzene rings is 2. The summed E-state index contributed by atoms with van der Waals surface area (Å²) in [5.41, 5.74) is 3.09. The molecule has 0 heterocycles. The van der Waals surface area contributed by atoms with Gasteiger partial charge in [-0.05, 0) is 71.9 Å². The van der Waals surface area contributed by atoms with Crippen LogP contribution < -0.4 is 0 Å². The minimum Gasteiger partial charge on any atom is -0.498 e. The van der Waals surface area contributed by atoms with Crippen LogP contribution in [0.2, 0.25) is 0 Å².